The predicted molar refractivity (Wildman–Crippen MR) is 55.3 cm³/mol. The van der Waals surface area contributed by atoms with E-state index in [9.17, 15) is 4.79 Å². The van der Waals surface area contributed by atoms with Gasteiger partial charge in [-0.1, -0.05) is 0 Å². The van der Waals surface area contributed by atoms with Crippen molar-refractivity contribution in [3.63, 3.8) is 0 Å². The number of carbonyl (C=O) groups is 1. The van der Waals surface area contributed by atoms with Crippen LogP contribution in [0.15, 0.2) is 12.3 Å². The van der Waals surface area contributed by atoms with E-state index in [4.69, 9.17) is 15.9 Å². The third kappa shape index (κ3) is 2.97. The Hall–Kier alpha value is -1.53. The lowest BCUT2D eigenvalue weighted by Crippen LogP contribution is -2.36. The topological polar surface area (TPSA) is 103 Å². The van der Waals surface area contributed by atoms with E-state index in [2.05, 4.69) is 4.98 Å². The summed E-state index contributed by atoms with van der Waals surface area (Å²) >= 11 is 0. The van der Waals surface area contributed by atoms with Crippen molar-refractivity contribution in [3.05, 3.63) is 18.0 Å². The van der Waals surface area contributed by atoms with Gasteiger partial charge < -0.3 is 25.8 Å². The van der Waals surface area contributed by atoms with Crippen LogP contribution >= 0.6 is 0 Å². The summed E-state index contributed by atoms with van der Waals surface area (Å²) in [4.78, 5) is 15.8. The minimum absolute atomic E-state index is 0.137. The van der Waals surface area contributed by atoms with Crippen LogP contribution in [-0.2, 0) is 0 Å². The molecule has 5 N–H and O–H groups in total. The van der Waals surface area contributed by atoms with Crippen molar-refractivity contribution in [2.24, 2.45) is 0 Å². The largest absolute Gasteiger partial charge is 0.397 e. The number of nitrogens with two attached hydrogens (primary N) is 1. The van der Waals surface area contributed by atoms with Gasteiger partial charge in [0.1, 0.15) is 5.69 Å². The van der Waals surface area contributed by atoms with E-state index in [0.29, 0.717) is 11.4 Å². The minimum Gasteiger partial charge on any atom is -0.397 e. The molecular formula is C9H15N3O3. The Kier molecular flexibility index (Phi) is 4.14. The van der Waals surface area contributed by atoms with Crippen molar-refractivity contribution in [1.29, 1.82) is 0 Å². The molecule has 0 aliphatic carbocycles. The first-order valence-electron chi connectivity index (χ1n) is 4.64. The molecule has 1 aromatic rings. The van der Waals surface area contributed by atoms with Crippen molar-refractivity contribution in [2.75, 3.05) is 32.0 Å². The average molecular weight is 213 g/mol. The van der Waals surface area contributed by atoms with Gasteiger partial charge in [-0.25, -0.2) is 0 Å². The van der Waals surface area contributed by atoms with E-state index in [1.807, 2.05) is 0 Å². The number of aromatic nitrogens is 1. The highest BCUT2D eigenvalue weighted by Gasteiger charge is 2.15. The van der Waals surface area contributed by atoms with Crippen molar-refractivity contribution in [2.45, 2.75) is 0 Å². The van der Waals surface area contributed by atoms with Crippen molar-refractivity contribution < 1.29 is 15.0 Å². The molecule has 0 aliphatic rings. The number of anilines is 1. The van der Waals surface area contributed by atoms with E-state index >= 15 is 0 Å². The highest BCUT2D eigenvalue weighted by molar-refractivity contribution is 5.93. The summed E-state index contributed by atoms with van der Waals surface area (Å²) in [5.74, 6) is -0.283. The zero-order chi connectivity index (χ0) is 11.3. The lowest BCUT2D eigenvalue weighted by atomic mass is 10.3. The number of nitrogens with zero attached hydrogens (tertiary/aromatic N) is 1. The van der Waals surface area contributed by atoms with Crippen LogP contribution in [0.5, 0.6) is 0 Å². The molecule has 84 valence electrons. The molecule has 1 heterocycles. The molecular weight excluding hydrogens is 198 g/mol. The molecule has 0 saturated heterocycles. The van der Waals surface area contributed by atoms with Gasteiger partial charge in [0.15, 0.2) is 0 Å². The molecule has 0 unspecified atom stereocenters. The third-order valence-electron chi connectivity index (χ3n) is 1.96. The Labute approximate surface area is 87.3 Å². The second-order valence-corrected chi connectivity index (χ2v) is 3.09. The molecule has 0 radical (unpaired) electrons. The third-order valence-corrected chi connectivity index (χ3v) is 1.96. The Morgan fingerprint density at radius 1 is 1.40 bits per heavy atom. The maximum Gasteiger partial charge on any atom is 0.270 e. The first-order chi connectivity index (χ1) is 7.19. The van der Waals surface area contributed by atoms with Crippen molar-refractivity contribution in [1.82, 2.24) is 9.88 Å². The molecule has 1 amide bonds. The van der Waals surface area contributed by atoms with Crippen LogP contribution in [0, 0.1) is 0 Å². The number of hydrogen-bond donors (Lipinski definition) is 4. The standard InChI is InChI=1S/C9H15N3O3/c10-7-5-8(11-6-7)9(15)12(1-3-13)2-4-14/h5-6,11,13-14H,1-4,10H2. The summed E-state index contributed by atoms with van der Waals surface area (Å²) < 4.78 is 0. The molecule has 0 spiro atoms. The van der Waals surface area contributed by atoms with E-state index in [0.717, 1.165) is 0 Å². The average Bonchev–Trinajstić information content (AvgIpc) is 2.63. The first kappa shape index (κ1) is 11.5. The fraction of sp³-hybridized carbons (Fsp3) is 0.444. The van der Waals surface area contributed by atoms with Gasteiger partial charge in [-0.3, -0.25) is 4.79 Å². The second-order valence-electron chi connectivity index (χ2n) is 3.09. The zero-order valence-corrected chi connectivity index (χ0v) is 8.31. The predicted octanol–water partition coefficient (Wildman–Crippen LogP) is -0.976. The Bertz CT molecular complexity index is 318. The molecule has 1 rings (SSSR count). The summed E-state index contributed by atoms with van der Waals surface area (Å²) in [5, 5.41) is 17.5. The van der Waals surface area contributed by atoms with Crippen LogP contribution < -0.4 is 5.73 Å². The van der Waals surface area contributed by atoms with Gasteiger partial charge in [0.25, 0.3) is 5.91 Å². The Morgan fingerprint density at radius 2 is 2.00 bits per heavy atom. The second kappa shape index (κ2) is 5.38. The number of aliphatic hydroxyl groups is 2. The first-order valence-corrected chi connectivity index (χ1v) is 4.64. The molecule has 6 heteroatoms. The number of H-pyrrole nitrogens is 1. The Balaban J connectivity index is 2.71. The van der Waals surface area contributed by atoms with Crippen LogP contribution in [0.2, 0.25) is 0 Å². The van der Waals surface area contributed by atoms with Crippen LogP contribution in [0.4, 0.5) is 5.69 Å². The SMILES string of the molecule is Nc1c[nH]c(C(=O)N(CCO)CCO)c1. The smallest absolute Gasteiger partial charge is 0.270 e. The summed E-state index contributed by atoms with van der Waals surface area (Å²) in [7, 11) is 0. The minimum atomic E-state index is -0.283. The molecule has 0 aliphatic heterocycles. The summed E-state index contributed by atoms with van der Waals surface area (Å²) in [6.45, 7) is 0.112. The van der Waals surface area contributed by atoms with E-state index < -0.39 is 0 Å². The number of nitrogens with one attached hydrogen (secondary N) is 1. The van der Waals surface area contributed by atoms with Gasteiger partial charge in [0.2, 0.25) is 0 Å². The number of carbonyl (C=O) groups excluding carboxylic acids is 1. The van der Waals surface area contributed by atoms with Gasteiger partial charge in [0.05, 0.1) is 13.2 Å². The van der Waals surface area contributed by atoms with Gasteiger partial charge >= 0.3 is 0 Å². The Morgan fingerprint density at radius 3 is 2.40 bits per heavy atom. The molecule has 1 aromatic heterocycles. The molecule has 0 bridgehead atoms. The number of nitrogen functional groups attached to an aromatic ring is 1. The summed E-state index contributed by atoms with van der Waals surface area (Å²) in [6, 6.07) is 1.52. The van der Waals surface area contributed by atoms with Gasteiger partial charge in [-0.05, 0) is 6.07 Å². The number of aliphatic hydroxyl groups excluding tert-OH is 2. The van der Waals surface area contributed by atoms with E-state index in [1.54, 1.807) is 0 Å². The van der Waals surface area contributed by atoms with Crippen molar-refractivity contribution >= 4 is 11.6 Å². The molecule has 0 aromatic carbocycles. The van der Waals surface area contributed by atoms with Crippen molar-refractivity contribution in [3.8, 4) is 0 Å². The van der Waals surface area contributed by atoms with Gasteiger partial charge in [-0.2, -0.15) is 0 Å². The van der Waals surface area contributed by atoms with Gasteiger partial charge in [0, 0.05) is 25.0 Å². The van der Waals surface area contributed by atoms with Crippen LogP contribution in [0.1, 0.15) is 10.5 Å². The van der Waals surface area contributed by atoms with E-state index in [1.165, 1.54) is 17.2 Å². The zero-order valence-electron chi connectivity index (χ0n) is 8.31. The lowest BCUT2D eigenvalue weighted by molar-refractivity contribution is 0.0679. The summed E-state index contributed by atoms with van der Waals surface area (Å²) in [6.07, 6.45) is 1.52. The molecule has 0 fully saturated rings. The maximum atomic E-state index is 11.8. The molecule has 15 heavy (non-hydrogen) atoms. The maximum absolute atomic E-state index is 11.8. The lowest BCUT2D eigenvalue weighted by Gasteiger charge is -2.19. The number of hydrogen-bond acceptors (Lipinski definition) is 4. The van der Waals surface area contributed by atoms with E-state index in [-0.39, 0.29) is 32.2 Å². The highest BCUT2D eigenvalue weighted by atomic mass is 16.3. The number of rotatable bonds is 5. The van der Waals surface area contributed by atoms with Gasteiger partial charge in [-0.15, -0.1) is 0 Å². The molecule has 0 atom stereocenters. The fourth-order valence-electron chi connectivity index (χ4n) is 1.26. The monoisotopic (exact) mass is 213 g/mol. The van der Waals surface area contributed by atoms with Crippen LogP contribution in [0.3, 0.4) is 0 Å². The fourth-order valence-corrected chi connectivity index (χ4v) is 1.26. The summed E-state index contributed by atoms with van der Waals surface area (Å²) in [5.41, 5.74) is 6.30. The van der Waals surface area contributed by atoms with Crippen LogP contribution in [0.25, 0.3) is 0 Å². The molecule has 0 saturated carbocycles. The highest BCUT2D eigenvalue weighted by Crippen LogP contribution is 2.07. The molecule has 6 nitrogen and oxygen atoms in total. The van der Waals surface area contributed by atoms with Crippen LogP contribution in [-0.4, -0.2) is 52.3 Å². The number of amides is 1. The normalized spacial score (nSPS) is 10.3. The number of aromatic amines is 1. The quantitative estimate of drug-likeness (QED) is 0.505.